The largest absolute Gasteiger partial charge is 0.428 e. The summed E-state index contributed by atoms with van der Waals surface area (Å²) in [5.41, 5.74) is 0.453. The van der Waals surface area contributed by atoms with Crippen LogP contribution in [0.15, 0.2) is 24.3 Å². The van der Waals surface area contributed by atoms with Crippen molar-refractivity contribution in [3.05, 3.63) is 29.8 Å². The maximum Gasteiger partial charge on any atom is 0.298 e. The molecule has 0 heterocycles. The van der Waals surface area contributed by atoms with E-state index >= 15 is 0 Å². The molecule has 1 aromatic rings. The highest BCUT2D eigenvalue weighted by Crippen LogP contribution is 2.20. The van der Waals surface area contributed by atoms with Crippen molar-refractivity contribution < 1.29 is 14.3 Å². The average molecular weight is 192 g/mol. The van der Waals surface area contributed by atoms with Gasteiger partial charge in [-0.3, -0.25) is 9.59 Å². The van der Waals surface area contributed by atoms with Gasteiger partial charge in [0.2, 0.25) is 0 Å². The molecule has 0 amide bonds. The summed E-state index contributed by atoms with van der Waals surface area (Å²) < 4.78 is 4.71. The van der Waals surface area contributed by atoms with Crippen molar-refractivity contribution in [3.8, 4) is 5.75 Å². The van der Waals surface area contributed by atoms with Crippen molar-refractivity contribution >= 4 is 12.3 Å². The van der Waals surface area contributed by atoms with Gasteiger partial charge in [-0.1, -0.05) is 26.0 Å². The number of ketones is 1. The molecular weight excluding hydrogens is 180 g/mol. The average Bonchev–Trinajstić information content (AvgIpc) is 2.18. The molecule has 0 spiro atoms. The summed E-state index contributed by atoms with van der Waals surface area (Å²) in [4.78, 5) is 21.8. The van der Waals surface area contributed by atoms with Crippen LogP contribution in [0.3, 0.4) is 0 Å². The Hall–Kier alpha value is -1.64. The van der Waals surface area contributed by atoms with Gasteiger partial charge in [0.1, 0.15) is 5.75 Å². The highest BCUT2D eigenvalue weighted by molar-refractivity contribution is 6.00. The van der Waals surface area contributed by atoms with E-state index < -0.39 is 0 Å². The van der Waals surface area contributed by atoms with Gasteiger partial charge >= 0.3 is 0 Å². The Morgan fingerprint density at radius 1 is 1.36 bits per heavy atom. The lowest BCUT2D eigenvalue weighted by Crippen LogP contribution is -2.09. The van der Waals surface area contributed by atoms with Gasteiger partial charge in [-0.15, -0.1) is 0 Å². The molecule has 1 aromatic carbocycles. The predicted octanol–water partition coefficient (Wildman–Crippen LogP) is 2.06. The molecule has 0 aliphatic heterocycles. The zero-order valence-electron chi connectivity index (χ0n) is 8.19. The molecule has 0 saturated heterocycles. The Balaban J connectivity index is 3.06. The van der Waals surface area contributed by atoms with Crippen molar-refractivity contribution in [2.45, 2.75) is 13.8 Å². The molecule has 0 atom stereocenters. The molecule has 0 unspecified atom stereocenters. The molecular formula is C11H12O3. The van der Waals surface area contributed by atoms with E-state index in [2.05, 4.69) is 0 Å². The van der Waals surface area contributed by atoms with E-state index in [1.54, 1.807) is 38.1 Å². The van der Waals surface area contributed by atoms with Gasteiger partial charge in [0.05, 0.1) is 5.56 Å². The molecule has 0 N–H and O–H groups in total. The van der Waals surface area contributed by atoms with Crippen molar-refractivity contribution in [1.82, 2.24) is 0 Å². The van der Waals surface area contributed by atoms with Crippen LogP contribution in [0, 0.1) is 5.92 Å². The Morgan fingerprint density at radius 2 is 2.00 bits per heavy atom. The second kappa shape index (κ2) is 4.56. The van der Waals surface area contributed by atoms with E-state index in [0.717, 1.165) is 0 Å². The molecule has 0 aromatic heterocycles. The normalized spacial score (nSPS) is 9.93. The fourth-order valence-corrected chi connectivity index (χ4v) is 1.14. The quantitative estimate of drug-likeness (QED) is 0.541. The van der Waals surface area contributed by atoms with Gasteiger partial charge in [0.15, 0.2) is 5.78 Å². The van der Waals surface area contributed by atoms with E-state index in [0.29, 0.717) is 17.8 Å². The van der Waals surface area contributed by atoms with Crippen LogP contribution in [-0.4, -0.2) is 12.3 Å². The van der Waals surface area contributed by atoms with Crippen LogP contribution >= 0.6 is 0 Å². The third kappa shape index (κ3) is 2.19. The Bertz CT molecular complexity index is 342. The minimum atomic E-state index is -0.105. The Labute approximate surface area is 82.7 Å². The van der Waals surface area contributed by atoms with Crippen LogP contribution in [0.2, 0.25) is 0 Å². The minimum Gasteiger partial charge on any atom is -0.428 e. The molecule has 1 rings (SSSR count). The summed E-state index contributed by atoms with van der Waals surface area (Å²) in [5.74, 6) is 0.190. The smallest absolute Gasteiger partial charge is 0.298 e. The van der Waals surface area contributed by atoms with Crippen LogP contribution in [0.4, 0.5) is 0 Å². The SMILES string of the molecule is CC(C)C(=O)c1ccccc1OC=O. The summed E-state index contributed by atoms with van der Waals surface area (Å²) >= 11 is 0. The summed E-state index contributed by atoms with van der Waals surface area (Å²) in [6.45, 7) is 3.94. The van der Waals surface area contributed by atoms with Gasteiger partial charge in [0, 0.05) is 5.92 Å². The predicted molar refractivity (Wildman–Crippen MR) is 52.3 cm³/mol. The number of ether oxygens (including phenoxy) is 1. The number of carbonyl (C=O) groups excluding carboxylic acids is 2. The fraction of sp³-hybridized carbons (Fsp3) is 0.273. The van der Waals surface area contributed by atoms with Gasteiger partial charge in [-0.25, -0.2) is 0 Å². The molecule has 0 radical (unpaired) electrons. The van der Waals surface area contributed by atoms with Crippen molar-refractivity contribution in [2.75, 3.05) is 0 Å². The number of hydrogen-bond acceptors (Lipinski definition) is 3. The van der Waals surface area contributed by atoms with E-state index in [1.807, 2.05) is 0 Å². The highest BCUT2D eigenvalue weighted by Gasteiger charge is 2.14. The molecule has 0 saturated carbocycles. The second-order valence-electron chi connectivity index (χ2n) is 3.23. The molecule has 0 bridgehead atoms. The van der Waals surface area contributed by atoms with Crippen LogP contribution in [0.5, 0.6) is 5.75 Å². The summed E-state index contributed by atoms with van der Waals surface area (Å²) in [7, 11) is 0. The van der Waals surface area contributed by atoms with Gasteiger partial charge in [0.25, 0.3) is 6.47 Å². The van der Waals surface area contributed by atoms with E-state index in [-0.39, 0.29) is 11.7 Å². The van der Waals surface area contributed by atoms with Crippen LogP contribution in [-0.2, 0) is 4.79 Å². The summed E-state index contributed by atoms with van der Waals surface area (Å²) in [6, 6.07) is 6.72. The number of benzene rings is 1. The van der Waals surface area contributed by atoms with Crippen molar-refractivity contribution in [3.63, 3.8) is 0 Å². The Morgan fingerprint density at radius 3 is 2.57 bits per heavy atom. The molecule has 3 nitrogen and oxygen atoms in total. The van der Waals surface area contributed by atoms with E-state index in [1.165, 1.54) is 0 Å². The van der Waals surface area contributed by atoms with Gasteiger partial charge in [-0.05, 0) is 12.1 Å². The number of rotatable bonds is 4. The van der Waals surface area contributed by atoms with Crippen LogP contribution in [0.1, 0.15) is 24.2 Å². The summed E-state index contributed by atoms with van der Waals surface area (Å²) in [6.07, 6.45) is 0. The summed E-state index contributed by atoms with van der Waals surface area (Å²) in [5, 5.41) is 0. The topological polar surface area (TPSA) is 43.4 Å². The molecule has 0 aliphatic rings. The first-order valence-corrected chi connectivity index (χ1v) is 4.40. The van der Waals surface area contributed by atoms with Crippen LogP contribution < -0.4 is 4.74 Å². The van der Waals surface area contributed by atoms with Crippen LogP contribution in [0.25, 0.3) is 0 Å². The van der Waals surface area contributed by atoms with Crippen molar-refractivity contribution in [2.24, 2.45) is 5.92 Å². The first kappa shape index (κ1) is 10.4. The third-order valence-corrected chi connectivity index (χ3v) is 1.85. The van der Waals surface area contributed by atoms with Gasteiger partial charge in [-0.2, -0.15) is 0 Å². The first-order valence-electron chi connectivity index (χ1n) is 4.40. The zero-order valence-corrected chi connectivity index (χ0v) is 8.19. The number of para-hydroxylation sites is 1. The molecule has 0 fully saturated rings. The zero-order chi connectivity index (χ0) is 10.6. The number of hydrogen-bond donors (Lipinski definition) is 0. The second-order valence-corrected chi connectivity index (χ2v) is 3.23. The number of carbonyl (C=O) groups is 2. The molecule has 0 aliphatic carbocycles. The molecule has 3 heteroatoms. The first-order chi connectivity index (χ1) is 6.66. The fourth-order valence-electron chi connectivity index (χ4n) is 1.14. The standard InChI is InChI=1S/C11H12O3/c1-8(2)11(13)9-5-3-4-6-10(9)14-7-12/h3-8H,1-2H3. The third-order valence-electron chi connectivity index (χ3n) is 1.85. The van der Waals surface area contributed by atoms with E-state index in [9.17, 15) is 9.59 Å². The lowest BCUT2D eigenvalue weighted by Gasteiger charge is -2.07. The molecule has 14 heavy (non-hydrogen) atoms. The maximum absolute atomic E-state index is 11.6. The van der Waals surface area contributed by atoms with E-state index in [4.69, 9.17) is 4.74 Å². The maximum atomic E-state index is 11.6. The molecule has 74 valence electrons. The monoisotopic (exact) mass is 192 g/mol. The Kier molecular flexibility index (Phi) is 3.40. The minimum absolute atomic E-state index is 0.0255. The van der Waals surface area contributed by atoms with Crippen molar-refractivity contribution in [1.29, 1.82) is 0 Å². The highest BCUT2D eigenvalue weighted by atomic mass is 16.5. The van der Waals surface area contributed by atoms with Gasteiger partial charge < -0.3 is 4.74 Å². The lowest BCUT2D eigenvalue weighted by atomic mass is 10.0. The number of Topliss-reactive ketones (excluding diaryl/α,β-unsaturated/α-hetero) is 1. The lowest BCUT2D eigenvalue weighted by molar-refractivity contribution is -0.120.